The van der Waals surface area contributed by atoms with Crippen molar-refractivity contribution in [1.29, 1.82) is 0 Å². The number of hydrogen-bond donors (Lipinski definition) is 1. The van der Waals surface area contributed by atoms with Gasteiger partial charge >= 0.3 is 5.97 Å². The van der Waals surface area contributed by atoms with Crippen LogP contribution in [0.1, 0.15) is 28.0 Å². The Hall–Kier alpha value is -3.26. The number of para-hydroxylation sites is 1. The Balaban J connectivity index is 1.39. The van der Waals surface area contributed by atoms with Gasteiger partial charge in [-0.05, 0) is 31.2 Å². The van der Waals surface area contributed by atoms with Gasteiger partial charge in [0.2, 0.25) is 0 Å². The Bertz CT molecular complexity index is 1240. The number of fused-ring (bicyclic) bond motifs is 2. The number of ether oxygens (including phenoxy) is 1. The molecule has 0 spiro atoms. The normalized spacial score (nSPS) is 15.8. The molecule has 3 aromatic rings. The highest BCUT2D eigenvalue weighted by Gasteiger charge is 2.29. The highest BCUT2D eigenvalue weighted by Crippen LogP contribution is 2.22. The van der Waals surface area contributed by atoms with E-state index in [4.69, 9.17) is 4.74 Å². The zero-order valence-corrected chi connectivity index (χ0v) is 16.6. The standard InChI is InChI=1S/C21H19N3O4S/c1-14-13-17(15-7-2-4-9-18(15)23-14)21(25)28-12-6-11-22-20-16-8-3-5-10-19(16)29(26,27)24-20/h2-5,7-10,13H,6,11-12H2,1H3,(H,22,24). The minimum atomic E-state index is -3.54. The molecule has 2 aromatic carbocycles. The van der Waals surface area contributed by atoms with Crippen LogP contribution in [-0.2, 0) is 14.8 Å². The summed E-state index contributed by atoms with van der Waals surface area (Å²) in [5.41, 5.74) is 2.53. The summed E-state index contributed by atoms with van der Waals surface area (Å²) in [7, 11) is -3.54. The number of sulfonamides is 1. The van der Waals surface area contributed by atoms with Crippen molar-refractivity contribution >= 4 is 32.7 Å². The third-order valence-corrected chi connectivity index (χ3v) is 5.93. The fraction of sp³-hybridized carbons (Fsp3) is 0.190. The van der Waals surface area contributed by atoms with Crippen LogP contribution in [0.5, 0.6) is 0 Å². The van der Waals surface area contributed by atoms with E-state index in [1.165, 1.54) is 0 Å². The second-order valence-electron chi connectivity index (χ2n) is 6.65. The van der Waals surface area contributed by atoms with Crippen molar-refractivity contribution in [2.24, 2.45) is 4.99 Å². The van der Waals surface area contributed by atoms with E-state index < -0.39 is 16.0 Å². The number of aryl methyl sites for hydroxylation is 1. The van der Waals surface area contributed by atoms with E-state index in [0.717, 1.165) is 16.6 Å². The van der Waals surface area contributed by atoms with Crippen molar-refractivity contribution in [3.8, 4) is 0 Å². The first-order valence-electron chi connectivity index (χ1n) is 9.16. The van der Waals surface area contributed by atoms with E-state index in [1.54, 1.807) is 30.3 Å². The van der Waals surface area contributed by atoms with Gasteiger partial charge in [-0.1, -0.05) is 30.3 Å². The highest BCUT2D eigenvalue weighted by atomic mass is 32.2. The summed E-state index contributed by atoms with van der Waals surface area (Å²) < 4.78 is 32.0. The van der Waals surface area contributed by atoms with E-state index in [1.807, 2.05) is 31.2 Å². The molecule has 0 bridgehead atoms. The molecule has 1 aromatic heterocycles. The van der Waals surface area contributed by atoms with E-state index in [-0.39, 0.29) is 11.5 Å². The van der Waals surface area contributed by atoms with Crippen LogP contribution in [0.25, 0.3) is 10.9 Å². The monoisotopic (exact) mass is 409 g/mol. The average molecular weight is 409 g/mol. The Kier molecular flexibility index (Phi) is 5.02. The zero-order chi connectivity index (χ0) is 20.4. The smallest absolute Gasteiger partial charge is 0.338 e. The topological polar surface area (TPSA) is 97.7 Å². The SMILES string of the molecule is Cc1cc(C(=O)OCCCN=C2NS(=O)(=O)c3ccccc32)c2ccccc2n1. The van der Waals surface area contributed by atoms with Gasteiger partial charge in [0.25, 0.3) is 10.0 Å². The number of nitrogens with one attached hydrogen (secondary N) is 1. The molecule has 1 aliphatic rings. The van der Waals surface area contributed by atoms with Gasteiger partial charge in [-0.25, -0.2) is 13.2 Å². The van der Waals surface area contributed by atoms with Crippen molar-refractivity contribution in [3.05, 3.63) is 71.4 Å². The molecule has 0 saturated carbocycles. The second kappa shape index (κ2) is 7.63. The van der Waals surface area contributed by atoms with Crippen LogP contribution in [0, 0.1) is 6.92 Å². The number of carbonyl (C=O) groups is 1. The summed E-state index contributed by atoms with van der Waals surface area (Å²) in [5.74, 6) is -0.0889. The summed E-state index contributed by atoms with van der Waals surface area (Å²) in [5, 5.41) is 0.750. The lowest BCUT2D eigenvalue weighted by Gasteiger charge is -2.08. The number of benzene rings is 2. The second-order valence-corrected chi connectivity index (χ2v) is 8.30. The maximum absolute atomic E-state index is 12.5. The summed E-state index contributed by atoms with van der Waals surface area (Å²) in [6, 6.07) is 15.8. The molecule has 148 valence electrons. The molecule has 0 saturated heterocycles. The largest absolute Gasteiger partial charge is 0.462 e. The van der Waals surface area contributed by atoms with Gasteiger partial charge < -0.3 is 4.74 Å². The van der Waals surface area contributed by atoms with Gasteiger partial charge in [-0.15, -0.1) is 0 Å². The van der Waals surface area contributed by atoms with Crippen LogP contribution in [0.15, 0.2) is 64.5 Å². The summed E-state index contributed by atoms with van der Waals surface area (Å²) in [6.45, 7) is 2.34. The zero-order valence-electron chi connectivity index (χ0n) is 15.8. The maximum atomic E-state index is 12.5. The van der Waals surface area contributed by atoms with Crippen molar-refractivity contribution in [3.63, 3.8) is 0 Å². The lowest BCUT2D eigenvalue weighted by molar-refractivity contribution is 0.0505. The van der Waals surface area contributed by atoms with Crippen LogP contribution in [0.3, 0.4) is 0 Å². The number of aromatic nitrogens is 1. The molecule has 0 aliphatic carbocycles. The molecule has 0 atom stereocenters. The number of rotatable bonds is 5. The van der Waals surface area contributed by atoms with Crippen LogP contribution >= 0.6 is 0 Å². The third-order valence-electron chi connectivity index (χ3n) is 4.53. The average Bonchev–Trinajstić information content (AvgIpc) is 2.97. The maximum Gasteiger partial charge on any atom is 0.338 e. The summed E-state index contributed by atoms with van der Waals surface area (Å²) in [6.07, 6.45) is 0.473. The van der Waals surface area contributed by atoms with Crippen molar-refractivity contribution in [2.45, 2.75) is 18.2 Å². The number of esters is 1. The van der Waals surface area contributed by atoms with E-state index in [0.29, 0.717) is 29.9 Å². The molecule has 8 heteroatoms. The summed E-state index contributed by atoms with van der Waals surface area (Å²) >= 11 is 0. The molecule has 4 rings (SSSR count). The van der Waals surface area contributed by atoms with Gasteiger partial charge in [0.05, 0.1) is 22.6 Å². The van der Waals surface area contributed by atoms with Crippen LogP contribution in [0.2, 0.25) is 0 Å². The van der Waals surface area contributed by atoms with E-state index in [2.05, 4.69) is 14.7 Å². The fourth-order valence-electron chi connectivity index (χ4n) is 3.23. The molecule has 1 N–H and O–H groups in total. The first-order valence-corrected chi connectivity index (χ1v) is 10.6. The van der Waals surface area contributed by atoms with Crippen LogP contribution in [0.4, 0.5) is 0 Å². The van der Waals surface area contributed by atoms with E-state index in [9.17, 15) is 13.2 Å². The predicted molar refractivity (Wildman–Crippen MR) is 110 cm³/mol. The summed E-state index contributed by atoms with van der Waals surface area (Å²) in [4.78, 5) is 21.5. The van der Waals surface area contributed by atoms with Crippen LogP contribution in [-0.4, -0.2) is 38.4 Å². The first-order chi connectivity index (χ1) is 14.0. The Morgan fingerprint density at radius 1 is 1.14 bits per heavy atom. The van der Waals surface area contributed by atoms with Crippen molar-refractivity contribution in [2.75, 3.05) is 13.2 Å². The fourth-order valence-corrected chi connectivity index (χ4v) is 4.48. The molecule has 2 heterocycles. The molecular formula is C21H19N3O4S. The molecule has 7 nitrogen and oxygen atoms in total. The lowest BCUT2D eigenvalue weighted by atomic mass is 10.1. The Labute approximate surface area is 168 Å². The third kappa shape index (κ3) is 3.84. The number of amidine groups is 1. The minimum Gasteiger partial charge on any atom is -0.462 e. The quantitative estimate of drug-likeness (QED) is 0.516. The number of hydrogen-bond acceptors (Lipinski definition) is 6. The first kappa shape index (κ1) is 19.1. The lowest BCUT2D eigenvalue weighted by Crippen LogP contribution is -2.22. The van der Waals surface area contributed by atoms with Crippen LogP contribution < -0.4 is 4.72 Å². The minimum absolute atomic E-state index is 0.180. The molecule has 0 fully saturated rings. The number of aliphatic imine (C=N–C) groups is 1. The highest BCUT2D eigenvalue weighted by molar-refractivity contribution is 7.90. The van der Waals surface area contributed by atoms with E-state index >= 15 is 0 Å². The van der Waals surface area contributed by atoms with Gasteiger partial charge in [-0.2, -0.15) is 0 Å². The Morgan fingerprint density at radius 3 is 2.76 bits per heavy atom. The molecule has 29 heavy (non-hydrogen) atoms. The Morgan fingerprint density at radius 2 is 1.90 bits per heavy atom. The molecule has 0 unspecified atom stereocenters. The predicted octanol–water partition coefficient (Wildman–Crippen LogP) is 2.83. The molecule has 0 amide bonds. The number of nitrogens with zero attached hydrogens (tertiary/aromatic N) is 2. The van der Waals surface area contributed by atoms with Gasteiger partial charge in [0, 0.05) is 29.6 Å². The van der Waals surface area contributed by atoms with Gasteiger partial charge in [-0.3, -0.25) is 14.7 Å². The van der Waals surface area contributed by atoms with Gasteiger partial charge in [0.1, 0.15) is 5.84 Å². The number of pyridine rings is 1. The molecule has 0 radical (unpaired) electrons. The number of carbonyl (C=O) groups excluding carboxylic acids is 1. The van der Waals surface area contributed by atoms with Gasteiger partial charge in [0.15, 0.2) is 0 Å². The van der Waals surface area contributed by atoms with Crippen molar-refractivity contribution < 1.29 is 17.9 Å². The molecule has 1 aliphatic heterocycles. The van der Waals surface area contributed by atoms with Crippen molar-refractivity contribution in [1.82, 2.24) is 9.71 Å². The molecular weight excluding hydrogens is 390 g/mol.